The van der Waals surface area contributed by atoms with Crippen molar-refractivity contribution in [2.24, 2.45) is 11.7 Å². The van der Waals surface area contributed by atoms with Crippen molar-refractivity contribution < 1.29 is 19.2 Å². The SMILES string of the molecule is COC(=O)C1CC[NH+](CC(N)=O)CC1. The van der Waals surface area contributed by atoms with Crippen molar-refractivity contribution in [1.82, 2.24) is 0 Å². The van der Waals surface area contributed by atoms with Crippen molar-refractivity contribution in [1.29, 1.82) is 0 Å². The van der Waals surface area contributed by atoms with E-state index in [2.05, 4.69) is 4.74 Å². The fraction of sp³-hybridized carbons (Fsp3) is 0.778. The second-order valence-corrected chi connectivity index (χ2v) is 3.69. The Hall–Kier alpha value is -1.10. The Kier molecular flexibility index (Phi) is 3.88. The maximum Gasteiger partial charge on any atom is 0.309 e. The van der Waals surface area contributed by atoms with Crippen molar-refractivity contribution in [2.75, 3.05) is 26.7 Å². The quantitative estimate of drug-likeness (QED) is 0.516. The van der Waals surface area contributed by atoms with Crippen LogP contribution in [0.4, 0.5) is 0 Å². The highest BCUT2D eigenvalue weighted by Gasteiger charge is 2.28. The van der Waals surface area contributed by atoms with E-state index in [1.807, 2.05) is 0 Å². The summed E-state index contributed by atoms with van der Waals surface area (Å²) < 4.78 is 4.67. The van der Waals surface area contributed by atoms with E-state index in [1.54, 1.807) is 0 Å². The predicted molar refractivity (Wildman–Crippen MR) is 49.5 cm³/mol. The van der Waals surface area contributed by atoms with Crippen LogP contribution in [0, 0.1) is 5.92 Å². The number of rotatable bonds is 3. The van der Waals surface area contributed by atoms with Gasteiger partial charge in [-0.1, -0.05) is 0 Å². The summed E-state index contributed by atoms with van der Waals surface area (Å²) in [6, 6.07) is 0. The van der Waals surface area contributed by atoms with Crippen LogP contribution in [0.1, 0.15) is 12.8 Å². The number of nitrogens with one attached hydrogen (secondary N) is 1. The summed E-state index contributed by atoms with van der Waals surface area (Å²) in [5.41, 5.74) is 5.09. The van der Waals surface area contributed by atoms with E-state index in [1.165, 1.54) is 7.11 Å². The summed E-state index contributed by atoms with van der Waals surface area (Å²) in [5.74, 6) is -0.406. The summed E-state index contributed by atoms with van der Waals surface area (Å²) in [5, 5.41) is 0. The molecule has 0 atom stereocenters. The number of piperidine rings is 1. The lowest BCUT2D eigenvalue weighted by Crippen LogP contribution is -3.14. The molecule has 1 fully saturated rings. The molecule has 0 aromatic carbocycles. The molecule has 0 bridgehead atoms. The zero-order chi connectivity index (χ0) is 10.6. The van der Waals surface area contributed by atoms with Gasteiger partial charge >= 0.3 is 5.97 Å². The van der Waals surface area contributed by atoms with E-state index in [-0.39, 0.29) is 17.8 Å². The molecule has 3 N–H and O–H groups in total. The zero-order valence-electron chi connectivity index (χ0n) is 8.41. The minimum absolute atomic E-state index is 0.0108. The second-order valence-electron chi connectivity index (χ2n) is 3.69. The average Bonchev–Trinajstić information content (AvgIpc) is 2.17. The molecular formula is C9H17N2O3+. The van der Waals surface area contributed by atoms with E-state index in [0.717, 1.165) is 30.8 Å². The second kappa shape index (κ2) is 4.95. The first kappa shape index (κ1) is 11.0. The third-order valence-electron chi connectivity index (χ3n) is 2.65. The van der Waals surface area contributed by atoms with Crippen molar-refractivity contribution in [3.63, 3.8) is 0 Å². The average molecular weight is 201 g/mol. The van der Waals surface area contributed by atoms with Gasteiger partial charge in [-0.25, -0.2) is 0 Å². The maximum absolute atomic E-state index is 11.2. The highest BCUT2D eigenvalue weighted by Crippen LogP contribution is 2.10. The van der Waals surface area contributed by atoms with Crippen LogP contribution in [-0.4, -0.2) is 38.6 Å². The molecule has 0 aromatic heterocycles. The van der Waals surface area contributed by atoms with E-state index in [0.29, 0.717) is 6.54 Å². The maximum atomic E-state index is 11.2. The Labute approximate surface area is 83.2 Å². The van der Waals surface area contributed by atoms with Gasteiger partial charge < -0.3 is 15.4 Å². The molecular weight excluding hydrogens is 184 g/mol. The molecule has 0 spiro atoms. The summed E-state index contributed by atoms with van der Waals surface area (Å²) in [6.07, 6.45) is 1.57. The van der Waals surface area contributed by atoms with E-state index >= 15 is 0 Å². The normalized spacial score (nSPS) is 26.9. The number of hydrogen-bond acceptors (Lipinski definition) is 3. The first-order chi connectivity index (χ1) is 6.63. The van der Waals surface area contributed by atoms with Crippen LogP contribution in [0.2, 0.25) is 0 Å². The minimum Gasteiger partial charge on any atom is -0.469 e. The number of likely N-dealkylation sites (tertiary alicyclic amines) is 1. The molecule has 0 unspecified atom stereocenters. The number of amides is 1. The van der Waals surface area contributed by atoms with Crippen LogP contribution in [0.15, 0.2) is 0 Å². The van der Waals surface area contributed by atoms with Crippen LogP contribution < -0.4 is 10.6 Å². The molecule has 1 rings (SSSR count). The third kappa shape index (κ3) is 2.99. The van der Waals surface area contributed by atoms with Gasteiger partial charge in [-0.3, -0.25) is 9.59 Å². The number of nitrogens with two attached hydrogens (primary N) is 1. The van der Waals surface area contributed by atoms with Gasteiger partial charge in [-0.15, -0.1) is 0 Å². The van der Waals surface area contributed by atoms with Crippen LogP contribution in [-0.2, 0) is 14.3 Å². The highest BCUT2D eigenvalue weighted by atomic mass is 16.5. The van der Waals surface area contributed by atoms with Crippen molar-refractivity contribution in [3.8, 4) is 0 Å². The Balaban J connectivity index is 2.31. The molecule has 80 valence electrons. The van der Waals surface area contributed by atoms with Gasteiger partial charge in [0, 0.05) is 12.8 Å². The lowest BCUT2D eigenvalue weighted by molar-refractivity contribution is -0.897. The number of esters is 1. The van der Waals surface area contributed by atoms with Crippen molar-refractivity contribution in [2.45, 2.75) is 12.8 Å². The molecule has 5 heteroatoms. The standard InChI is InChI=1S/C9H16N2O3/c1-14-9(13)7-2-4-11(5-3-7)6-8(10)12/h7H,2-6H2,1H3,(H2,10,12)/p+1. The molecule has 1 aliphatic rings. The van der Waals surface area contributed by atoms with Crippen molar-refractivity contribution >= 4 is 11.9 Å². The molecule has 1 heterocycles. The Morgan fingerprint density at radius 2 is 2.00 bits per heavy atom. The van der Waals surface area contributed by atoms with Gasteiger partial charge in [0.25, 0.3) is 5.91 Å². The molecule has 0 aliphatic carbocycles. The predicted octanol–water partition coefficient (Wildman–Crippen LogP) is -2.06. The monoisotopic (exact) mass is 201 g/mol. The van der Waals surface area contributed by atoms with Crippen LogP contribution >= 0.6 is 0 Å². The molecule has 5 nitrogen and oxygen atoms in total. The number of primary amides is 1. The van der Waals surface area contributed by atoms with E-state index in [4.69, 9.17) is 5.73 Å². The van der Waals surface area contributed by atoms with E-state index < -0.39 is 0 Å². The lowest BCUT2D eigenvalue weighted by Gasteiger charge is -2.26. The molecule has 1 aliphatic heterocycles. The van der Waals surface area contributed by atoms with Crippen LogP contribution in [0.3, 0.4) is 0 Å². The van der Waals surface area contributed by atoms with Crippen LogP contribution in [0.5, 0.6) is 0 Å². The first-order valence-corrected chi connectivity index (χ1v) is 4.83. The number of carbonyl (C=O) groups is 2. The van der Waals surface area contributed by atoms with Crippen molar-refractivity contribution in [3.05, 3.63) is 0 Å². The largest absolute Gasteiger partial charge is 0.469 e. The first-order valence-electron chi connectivity index (χ1n) is 4.83. The molecule has 0 aromatic rings. The third-order valence-corrected chi connectivity index (χ3v) is 2.65. The lowest BCUT2D eigenvalue weighted by atomic mass is 9.97. The molecule has 1 saturated heterocycles. The Morgan fingerprint density at radius 3 is 2.43 bits per heavy atom. The summed E-state index contributed by atoms with van der Waals surface area (Å²) >= 11 is 0. The topological polar surface area (TPSA) is 73.8 Å². The summed E-state index contributed by atoms with van der Waals surface area (Å²) in [6.45, 7) is 2.01. The fourth-order valence-corrected chi connectivity index (χ4v) is 1.85. The van der Waals surface area contributed by atoms with Gasteiger partial charge in [0.15, 0.2) is 6.54 Å². The zero-order valence-corrected chi connectivity index (χ0v) is 8.41. The van der Waals surface area contributed by atoms with Gasteiger partial charge in [0.05, 0.1) is 26.1 Å². The molecule has 0 saturated carbocycles. The Bertz CT molecular complexity index is 222. The summed E-state index contributed by atoms with van der Waals surface area (Å²) in [4.78, 5) is 23.0. The number of carbonyl (C=O) groups excluding carboxylic acids is 2. The summed E-state index contributed by atoms with van der Waals surface area (Å²) in [7, 11) is 1.41. The number of ether oxygens (including phenoxy) is 1. The van der Waals surface area contributed by atoms with E-state index in [9.17, 15) is 9.59 Å². The molecule has 14 heavy (non-hydrogen) atoms. The highest BCUT2D eigenvalue weighted by molar-refractivity contribution is 5.74. The minimum atomic E-state index is -0.281. The van der Waals surface area contributed by atoms with Gasteiger partial charge in [-0.2, -0.15) is 0 Å². The van der Waals surface area contributed by atoms with Gasteiger partial charge in [0.2, 0.25) is 0 Å². The van der Waals surface area contributed by atoms with Gasteiger partial charge in [-0.05, 0) is 0 Å². The molecule has 1 amide bonds. The van der Waals surface area contributed by atoms with Crippen LogP contribution in [0.25, 0.3) is 0 Å². The number of hydrogen-bond donors (Lipinski definition) is 2. The fourth-order valence-electron chi connectivity index (χ4n) is 1.85. The number of methoxy groups -OCH3 is 1. The van der Waals surface area contributed by atoms with Gasteiger partial charge in [0.1, 0.15) is 0 Å². The Morgan fingerprint density at radius 1 is 1.43 bits per heavy atom. The molecule has 0 radical (unpaired) electrons. The smallest absolute Gasteiger partial charge is 0.309 e. The number of quaternary nitrogens is 1.